The van der Waals surface area contributed by atoms with E-state index in [1.165, 1.54) is 0 Å². The van der Waals surface area contributed by atoms with Crippen LogP contribution in [0.4, 0.5) is 0 Å². The Bertz CT molecular complexity index is 249. The average molecular weight is 211 g/mol. The summed E-state index contributed by atoms with van der Waals surface area (Å²) in [5.74, 6) is 0. The molecule has 0 aromatic heterocycles. The molecule has 0 bridgehead atoms. The van der Waals surface area contributed by atoms with Gasteiger partial charge in [0.05, 0.1) is 26.0 Å². The normalized spacial score (nSPS) is 27.1. The number of hydrogen-bond donors (Lipinski definition) is 0. The van der Waals surface area contributed by atoms with Crippen LogP contribution in [-0.2, 0) is 4.74 Å². The van der Waals surface area contributed by atoms with Crippen molar-refractivity contribution in [3.63, 3.8) is 0 Å². The predicted molar refractivity (Wildman–Crippen MR) is 60.7 cm³/mol. The van der Waals surface area contributed by atoms with Crippen molar-refractivity contribution in [2.24, 2.45) is 0 Å². The van der Waals surface area contributed by atoms with Gasteiger partial charge in [-0.15, -0.1) is 0 Å². The molecule has 1 aliphatic rings. The Morgan fingerprint density at radius 1 is 1.36 bits per heavy atom. The molecule has 0 spiro atoms. The van der Waals surface area contributed by atoms with Crippen molar-refractivity contribution < 1.29 is 4.74 Å². The third-order valence-electron chi connectivity index (χ3n) is 3.77. The van der Waals surface area contributed by atoms with Crippen LogP contribution in [0.15, 0.2) is 0 Å². The van der Waals surface area contributed by atoms with Gasteiger partial charge in [0.25, 0.3) is 0 Å². The van der Waals surface area contributed by atoms with Crippen molar-refractivity contribution in [1.29, 1.82) is 5.26 Å². The lowest BCUT2D eigenvalue weighted by Crippen LogP contribution is -2.44. The number of epoxide rings is 1. The van der Waals surface area contributed by atoms with Gasteiger partial charge in [-0.3, -0.25) is 0 Å². The van der Waals surface area contributed by atoms with Crippen molar-refractivity contribution in [3.05, 3.63) is 0 Å². The van der Waals surface area contributed by atoms with Gasteiger partial charge in [-0.1, -0.05) is 33.9 Å². The molecule has 2 atom stereocenters. The quantitative estimate of drug-likeness (QED) is 0.531. The molecule has 0 aliphatic carbocycles. The van der Waals surface area contributed by atoms with Crippen molar-refractivity contribution >= 4 is 8.07 Å². The maximum atomic E-state index is 8.50. The van der Waals surface area contributed by atoms with E-state index in [-0.39, 0.29) is 0 Å². The summed E-state index contributed by atoms with van der Waals surface area (Å²) in [6, 6.07) is 2.19. The van der Waals surface area contributed by atoms with Crippen LogP contribution in [0.25, 0.3) is 0 Å². The fraction of sp³-hybridized carbons (Fsp3) is 0.909. The first-order chi connectivity index (χ1) is 6.30. The first-order valence-corrected chi connectivity index (χ1v) is 8.41. The molecular formula is C11H21NOSi. The van der Waals surface area contributed by atoms with Gasteiger partial charge in [0, 0.05) is 6.42 Å². The molecule has 0 radical (unpaired) electrons. The SMILES string of the molecule is CC(C)(C)[Si](C)(C)[C@@H]1O[C@@H]1CCC#N. The Morgan fingerprint density at radius 3 is 2.36 bits per heavy atom. The van der Waals surface area contributed by atoms with E-state index in [0.717, 1.165) is 6.42 Å². The summed E-state index contributed by atoms with van der Waals surface area (Å²) in [4.78, 5) is 0. The molecule has 1 fully saturated rings. The summed E-state index contributed by atoms with van der Waals surface area (Å²) < 4.78 is 5.72. The van der Waals surface area contributed by atoms with E-state index in [2.05, 4.69) is 39.9 Å². The zero-order chi connectivity index (χ0) is 11.0. The van der Waals surface area contributed by atoms with Crippen molar-refractivity contribution in [2.45, 2.75) is 63.6 Å². The summed E-state index contributed by atoms with van der Waals surface area (Å²) in [5, 5.41) is 8.89. The average Bonchev–Trinajstić information content (AvgIpc) is 2.77. The molecule has 1 aliphatic heterocycles. The Labute approximate surface area is 88.3 Å². The van der Waals surface area contributed by atoms with Crippen LogP contribution in [0.2, 0.25) is 18.1 Å². The third kappa shape index (κ3) is 2.18. The van der Waals surface area contributed by atoms with Gasteiger partial charge >= 0.3 is 0 Å². The molecule has 0 amide bonds. The molecule has 3 heteroatoms. The standard InChI is InChI=1S/C11H21NOSi/c1-11(2,3)14(4,5)10-9(13-10)7-6-8-12/h9-10H,6-7H2,1-5H3/t9-,10+/m1/s1. The molecule has 14 heavy (non-hydrogen) atoms. The molecule has 0 unspecified atom stereocenters. The molecule has 0 saturated carbocycles. The van der Waals surface area contributed by atoms with E-state index in [0.29, 0.717) is 23.3 Å². The minimum atomic E-state index is -1.32. The third-order valence-corrected chi connectivity index (χ3v) is 9.56. The van der Waals surface area contributed by atoms with Crippen LogP contribution in [0.1, 0.15) is 33.6 Å². The summed E-state index contributed by atoms with van der Waals surface area (Å²) >= 11 is 0. The topological polar surface area (TPSA) is 36.3 Å². The highest BCUT2D eigenvalue weighted by Gasteiger charge is 2.55. The van der Waals surface area contributed by atoms with Crippen LogP contribution in [0.3, 0.4) is 0 Å². The smallest absolute Gasteiger partial charge is 0.0902 e. The van der Waals surface area contributed by atoms with E-state index in [4.69, 9.17) is 10.00 Å². The fourth-order valence-corrected chi connectivity index (χ4v) is 4.10. The molecule has 1 saturated heterocycles. The fourth-order valence-electron chi connectivity index (χ4n) is 1.63. The Kier molecular flexibility index (Phi) is 3.08. The van der Waals surface area contributed by atoms with E-state index >= 15 is 0 Å². The monoisotopic (exact) mass is 211 g/mol. The molecule has 2 nitrogen and oxygen atoms in total. The summed E-state index contributed by atoms with van der Waals surface area (Å²) in [6.07, 6.45) is 1.94. The van der Waals surface area contributed by atoms with Crippen molar-refractivity contribution in [3.8, 4) is 6.07 Å². The largest absolute Gasteiger partial charge is 0.373 e. The number of nitrogens with zero attached hydrogens (tertiary/aromatic N) is 1. The van der Waals surface area contributed by atoms with Crippen LogP contribution < -0.4 is 0 Å². The maximum Gasteiger partial charge on any atom is 0.0902 e. The highest BCUT2D eigenvalue weighted by molar-refractivity contribution is 6.82. The van der Waals surface area contributed by atoms with E-state index < -0.39 is 8.07 Å². The highest BCUT2D eigenvalue weighted by Crippen LogP contribution is 2.46. The Morgan fingerprint density at radius 2 is 1.93 bits per heavy atom. The Balaban J connectivity index is 2.50. The lowest BCUT2D eigenvalue weighted by atomic mass is 10.2. The molecule has 0 aromatic carbocycles. The molecule has 1 heterocycles. The minimum Gasteiger partial charge on any atom is -0.373 e. The number of ether oxygens (including phenoxy) is 1. The second-order valence-corrected chi connectivity index (χ2v) is 11.3. The second-order valence-electron chi connectivity index (χ2n) is 5.76. The number of rotatable bonds is 3. The summed E-state index contributed by atoms with van der Waals surface area (Å²) in [6.45, 7) is 11.7. The molecule has 80 valence electrons. The van der Waals surface area contributed by atoms with Crippen LogP contribution in [0.5, 0.6) is 0 Å². The molecular weight excluding hydrogens is 190 g/mol. The molecule has 0 N–H and O–H groups in total. The van der Waals surface area contributed by atoms with Crippen LogP contribution in [0, 0.1) is 11.3 Å². The van der Waals surface area contributed by atoms with Gasteiger partial charge in [0.1, 0.15) is 0 Å². The van der Waals surface area contributed by atoms with Gasteiger partial charge in [-0.25, -0.2) is 0 Å². The van der Waals surface area contributed by atoms with Gasteiger partial charge < -0.3 is 4.74 Å². The summed E-state index contributed by atoms with van der Waals surface area (Å²) in [7, 11) is -1.32. The zero-order valence-corrected chi connectivity index (χ0v) is 10.9. The summed E-state index contributed by atoms with van der Waals surface area (Å²) in [5.41, 5.74) is 0.482. The van der Waals surface area contributed by atoms with E-state index in [1.807, 2.05) is 0 Å². The maximum absolute atomic E-state index is 8.50. The second kappa shape index (κ2) is 3.67. The van der Waals surface area contributed by atoms with Gasteiger partial charge in [-0.2, -0.15) is 5.26 Å². The van der Waals surface area contributed by atoms with Crippen LogP contribution >= 0.6 is 0 Å². The number of hydrogen-bond acceptors (Lipinski definition) is 2. The van der Waals surface area contributed by atoms with Crippen LogP contribution in [-0.4, -0.2) is 19.9 Å². The minimum absolute atomic E-state index is 0.385. The van der Waals surface area contributed by atoms with Gasteiger partial charge in [-0.05, 0) is 11.5 Å². The lowest BCUT2D eigenvalue weighted by Gasteiger charge is -2.35. The molecule has 0 aromatic rings. The van der Waals surface area contributed by atoms with Crippen molar-refractivity contribution in [1.82, 2.24) is 0 Å². The van der Waals surface area contributed by atoms with Gasteiger partial charge in [0.15, 0.2) is 0 Å². The van der Waals surface area contributed by atoms with Crippen molar-refractivity contribution in [2.75, 3.05) is 0 Å². The molecule has 1 rings (SSSR count). The first kappa shape index (κ1) is 11.7. The van der Waals surface area contributed by atoms with E-state index in [9.17, 15) is 0 Å². The number of nitriles is 1. The lowest BCUT2D eigenvalue weighted by molar-refractivity contribution is 0.383. The first-order valence-electron chi connectivity index (χ1n) is 5.33. The Hall–Kier alpha value is -0.333. The van der Waals surface area contributed by atoms with E-state index in [1.54, 1.807) is 0 Å². The zero-order valence-electron chi connectivity index (χ0n) is 9.92. The highest BCUT2D eigenvalue weighted by atomic mass is 28.3. The predicted octanol–water partition coefficient (Wildman–Crippen LogP) is 3.11. The van der Waals surface area contributed by atoms with Gasteiger partial charge in [0.2, 0.25) is 0 Å².